The molecule has 2 N–H and O–H groups in total. The van der Waals surface area contributed by atoms with E-state index in [-0.39, 0.29) is 18.1 Å². The standard InChI is InChI=1S/C11H18O2/c12-8-11-5-2-1-3-9(11)7-10(13)4-6-11/h4,6,9-10,12-13H,1-3,5,7-8H2. The van der Waals surface area contributed by atoms with Gasteiger partial charge in [0, 0.05) is 5.41 Å². The van der Waals surface area contributed by atoms with E-state index in [4.69, 9.17) is 0 Å². The van der Waals surface area contributed by atoms with E-state index in [1.54, 1.807) is 0 Å². The monoisotopic (exact) mass is 182 g/mol. The molecule has 13 heavy (non-hydrogen) atoms. The molecule has 2 aliphatic rings. The van der Waals surface area contributed by atoms with E-state index in [1.807, 2.05) is 6.08 Å². The van der Waals surface area contributed by atoms with Crippen molar-refractivity contribution in [2.75, 3.05) is 6.61 Å². The summed E-state index contributed by atoms with van der Waals surface area (Å²) in [5.41, 5.74) is 0.0114. The van der Waals surface area contributed by atoms with E-state index in [1.165, 1.54) is 19.3 Å². The van der Waals surface area contributed by atoms with Crippen LogP contribution in [0, 0.1) is 11.3 Å². The first-order valence-corrected chi connectivity index (χ1v) is 5.25. The summed E-state index contributed by atoms with van der Waals surface area (Å²) >= 11 is 0. The van der Waals surface area contributed by atoms with Gasteiger partial charge in [-0.2, -0.15) is 0 Å². The lowest BCUT2D eigenvalue weighted by molar-refractivity contribution is 0.0279. The van der Waals surface area contributed by atoms with Crippen LogP contribution in [0.15, 0.2) is 12.2 Å². The summed E-state index contributed by atoms with van der Waals surface area (Å²) in [5.74, 6) is 0.506. The normalized spacial score (nSPS) is 44.5. The Morgan fingerprint density at radius 1 is 1.38 bits per heavy atom. The number of hydrogen-bond donors (Lipinski definition) is 2. The van der Waals surface area contributed by atoms with Crippen LogP contribution in [-0.4, -0.2) is 22.9 Å². The molecule has 2 nitrogen and oxygen atoms in total. The Balaban J connectivity index is 2.21. The minimum absolute atomic E-state index is 0.0114. The molecule has 0 aromatic rings. The molecule has 0 aromatic heterocycles. The van der Waals surface area contributed by atoms with Crippen LogP contribution >= 0.6 is 0 Å². The van der Waals surface area contributed by atoms with Crippen LogP contribution in [0.3, 0.4) is 0 Å². The maximum Gasteiger partial charge on any atom is 0.0724 e. The van der Waals surface area contributed by atoms with Crippen LogP contribution in [0.5, 0.6) is 0 Å². The third kappa shape index (κ3) is 1.53. The Morgan fingerprint density at radius 2 is 2.23 bits per heavy atom. The zero-order valence-corrected chi connectivity index (χ0v) is 7.95. The second kappa shape index (κ2) is 3.43. The zero-order valence-electron chi connectivity index (χ0n) is 7.95. The Bertz CT molecular complexity index is 212. The fourth-order valence-electron chi connectivity index (χ4n) is 2.84. The Labute approximate surface area is 79.3 Å². The molecular formula is C11H18O2. The summed E-state index contributed by atoms with van der Waals surface area (Å²) < 4.78 is 0. The molecule has 74 valence electrons. The molecular weight excluding hydrogens is 164 g/mol. The first-order chi connectivity index (χ1) is 6.27. The molecule has 1 fully saturated rings. The summed E-state index contributed by atoms with van der Waals surface area (Å²) in [5, 5.41) is 18.9. The number of rotatable bonds is 1. The van der Waals surface area contributed by atoms with Gasteiger partial charge in [0.05, 0.1) is 12.7 Å². The summed E-state index contributed by atoms with van der Waals surface area (Å²) in [7, 11) is 0. The van der Waals surface area contributed by atoms with Gasteiger partial charge in [0.1, 0.15) is 0 Å². The zero-order chi connectivity index (χ0) is 9.31. The van der Waals surface area contributed by atoms with Gasteiger partial charge >= 0.3 is 0 Å². The van der Waals surface area contributed by atoms with Crippen molar-refractivity contribution in [2.45, 2.75) is 38.2 Å². The second-order valence-corrected chi connectivity index (χ2v) is 4.50. The molecule has 0 aliphatic heterocycles. The maximum absolute atomic E-state index is 9.49. The maximum atomic E-state index is 9.49. The van der Waals surface area contributed by atoms with E-state index >= 15 is 0 Å². The number of aliphatic hydroxyl groups is 2. The highest BCUT2D eigenvalue weighted by molar-refractivity contribution is 5.11. The molecule has 0 heterocycles. The minimum atomic E-state index is -0.275. The van der Waals surface area contributed by atoms with Crippen molar-refractivity contribution >= 4 is 0 Å². The van der Waals surface area contributed by atoms with Crippen molar-refractivity contribution in [1.82, 2.24) is 0 Å². The van der Waals surface area contributed by atoms with Crippen molar-refractivity contribution in [3.8, 4) is 0 Å². The minimum Gasteiger partial charge on any atom is -0.395 e. The molecule has 0 aromatic carbocycles. The molecule has 2 rings (SSSR count). The van der Waals surface area contributed by atoms with Gasteiger partial charge in [0.25, 0.3) is 0 Å². The highest BCUT2D eigenvalue weighted by Crippen LogP contribution is 2.46. The smallest absolute Gasteiger partial charge is 0.0724 e. The van der Waals surface area contributed by atoms with Gasteiger partial charge in [-0.25, -0.2) is 0 Å². The molecule has 1 saturated carbocycles. The van der Waals surface area contributed by atoms with Crippen molar-refractivity contribution in [3.63, 3.8) is 0 Å². The van der Waals surface area contributed by atoms with Crippen LogP contribution in [0.25, 0.3) is 0 Å². The molecule has 0 spiro atoms. The predicted molar refractivity (Wildman–Crippen MR) is 51.2 cm³/mol. The highest BCUT2D eigenvalue weighted by Gasteiger charge is 2.40. The largest absolute Gasteiger partial charge is 0.395 e. The van der Waals surface area contributed by atoms with E-state index in [9.17, 15) is 10.2 Å². The van der Waals surface area contributed by atoms with Gasteiger partial charge < -0.3 is 10.2 Å². The molecule has 0 bridgehead atoms. The lowest BCUT2D eigenvalue weighted by Crippen LogP contribution is -2.40. The molecule has 2 heteroatoms. The van der Waals surface area contributed by atoms with E-state index < -0.39 is 0 Å². The van der Waals surface area contributed by atoms with Crippen molar-refractivity contribution in [3.05, 3.63) is 12.2 Å². The highest BCUT2D eigenvalue weighted by atomic mass is 16.3. The third-order valence-electron chi connectivity index (χ3n) is 3.73. The molecule has 3 atom stereocenters. The quantitative estimate of drug-likeness (QED) is 0.603. The van der Waals surface area contributed by atoms with Crippen LogP contribution in [0.4, 0.5) is 0 Å². The van der Waals surface area contributed by atoms with Gasteiger partial charge in [-0.3, -0.25) is 0 Å². The van der Waals surface area contributed by atoms with E-state index in [2.05, 4.69) is 6.08 Å². The van der Waals surface area contributed by atoms with Crippen molar-refractivity contribution in [2.24, 2.45) is 11.3 Å². The molecule has 0 radical (unpaired) electrons. The molecule has 0 amide bonds. The summed E-state index contributed by atoms with van der Waals surface area (Å²) in [6.07, 6.45) is 9.23. The third-order valence-corrected chi connectivity index (χ3v) is 3.73. The molecule has 0 saturated heterocycles. The lowest BCUT2D eigenvalue weighted by atomic mass is 9.62. The first-order valence-electron chi connectivity index (χ1n) is 5.25. The lowest BCUT2D eigenvalue weighted by Gasteiger charge is -2.44. The van der Waals surface area contributed by atoms with Gasteiger partial charge in [-0.05, 0) is 25.2 Å². The fraction of sp³-hybridized carbons (Fsp3) is 0.818. The van der Waals surface area contributed by atoms with Gasteiger partial charge in [0.15, 0.2) is 0 Å². The fourth-order valence-corrected chi connectivity index (χ4v) is 2.84. The second-order valence-electron chi connectivity index (χ2n) is 4.50. The predicted octanol–water partition coefficient (Wildman–Crippen LogP) is 1.48. The van der Waals surface area contributed by atoms with E-state index in [0.717, 1.165) is 12.8 Å². The molecule has 2 aliphatic carbocycles. The Hall–Kier alpha value is -0.340. The van der Waals surface area contributed by atoms with E-state index in [0.29, 0.717) is 5.92 Å². The van der Waals surface area contributed by atoms with Crippen LogP contribution in [0.2, 0.25) is 0 Å². The summed E-state index contributed by atoms with van der Waals surface area (Å²) in [6, 6.07) is 0. The average Bonchev–Trinajstić information content (AvgIpc) is 2.18. The Morgan fingerprint density at radius 3 is 3.00 bits per heavy atom. The number of aliphatic hydroxyl groups excluding tert-OH is 2. The van der Waals surface area contributed by atoms with Crippen LogP contribution < -0.4 is 0 Å². The SMILES string of the molecule is OCC12C=CC(O)CC1CCCC2. The number of fused-ring (bicyclic) bond motifs is 1. The number of hydrogen-bond acceptors (Lipinski definition) is 2. The van der Waals surface area contributed by atoms with Gasteiger partial charge in [0.2, 0.25) is 0 Å². The van der Waals surface area contributed by atoms with Gasteiger partial charge in [-0.1, -0.05) is 25.0 Å². The van der Waals surface area contributed by atoms with Crippen molar-refractivity contribution in [1.29, 1.82) is 0 Å². The van der Waals surface area contributed by atoms with Crippen LogP contribution in [-0.2, 0) is 0 Å². The molecule has 3 unspecified atom stereocenters. The Kier molecular flexibility index (Phi) is 2.43. The average molecular weight is 182 g/mol. The summed E-state index contributed by atoms with van der Waals surface area (Å²) in [6.45, 7) is 0.251. The van der Waals surface area contributed by atoms with Crippen LogP contribution in [0.1, 0.15) is 32.1 Å². The summed E-state index contributed by atoms with van der Waals surface area (Å²) in [4.78, 5) is 0. The van der Waals surface area contributed by atoms with Gasteiger partial charge in [-0.15, -0.1) is 0 Å². The topological polar surface area (TPSA) is 40.5 Å². The van der Waals surface area contributed by atoms with Crippen molar-refractivity contribution < 1.29 is 10.2 Å². The first kappa shape index (κ1) is 9.22.